The number of hydrogen-bond acceptors (Lipinski definition) is 1. The molecule has 0 atom stereocenters. The molecule has 0 bridgehead atoms. The Bertz CT molecular complexity index is 537. The molecule has 2 rings (SSSR count). The van der Waals surface area contributed by atoms with Gasteiger partial charge in [0.1, 0.15) is 0 Å². The molecule has 0 radical (unpaired) electrons. The van der Waals surface area contributed by atoms with Crippen molar-refractivity contribution in [1.29, 1.82) is 0 Å². The molecule has 21 heavy (non-hydrogen) atoms. The Morgan fingerprint density at radius 2 is 1.62 bits per heavy atom. The highest BCUT2D eigenvalue weighted by Crippen LogP contribution is 2.25. The third-order valence-corrected chi connectivity index (χ3v) is 3.54. The van der Waals surface area contributed by atoms with E-state index in [2.05, 4.69) is 6.92 Å². The number of unbranched alkanes of at least 4 members (excludes halogenated alkanes) is 4. The number of hydrogen-bond donors (Lipinski definition) is 0. The van der Waals surface area contributed by atoms with Crippen LogP contribution < -0.4 is 4.74 Å². The van der Waals surface area contributed by atoms with Gasteiger partial charge in [0.25, 0.3) is 0 Å². The van der Waals surface area contributed by atoms with Crippen LogP contribution in [-0.2, 0) is 0 Å². The van der Waals surface area contributed by atoms with Crippen LogP contribution in [0, 0.1) is 5.82 Å². The molecular formula is C19H23FO. The number of ether oxygens (including phenoxy) is 1. The Hall–Kier alpha value is -1.83. The molecule has 2 aromatic carbocycles. The molecule has 2 heteroatoms. The van der Waals surface area contributed by atoms with Gasteiger partial charge in [0, 0.05) is 0 Å². The molecule has 0 aromatic heterocycles. The van der Waals surface area contributed by atoms with E-state index in [1.54, 1.807) is 12.1 Å². The van der Waals surface area contributed by atoms with Crippen molar-refractivity contribution >= 4 is 0 Å². The zero-order chi connectivity index (χ0) is 14.9. The molecule has 112 valence electrons. The average molecular weight is 286 g/mol. The summed E-state index contributed by atoms with van der Waals surface area (Å²) in [5.41, 5.74) is 1.89. The maximum absolute atomic E-state index is 14.0. The van der Waals surface area contributed by atoms with E-state index in [1.807, 2.05) is 36.4 Å². The molecule has 0 N–H and O–H groups in total. The summed E-state index contributed by atoms with van der Waals surface area (Å²) >= 11 is 0. The van der Waals surface area contributed by atoms with Crippen LogP contribution in [0.2, 0.25) is 0 Å². The highest BCUT2D eigenvalue weighted by atomic mass is 19.1. The van der Waals surface area contributed by atoms with Crippen molar-refractivity contribution in [2.24, 2.45) is 0 Å². The summed E-state index contributed by atoms with van der Waals surface area (Å²) in [6, 6.07) is 15.0. The van der Waals surface area contributed by atoms with Gasteiger partial charge in [-0.15, -0.1) is 0 Å². The van der Waals surface area contributed by atoms with Crippen LogP contribution in [0.3, 0.4) is 0 Å². The summed E-state index contributed by atoms with van der Waals surface area (Å²) in [5.74, 6) is 0.0649. The SMILES string of the molecule is CCCCCCCOc1ccc(-c2ccccc2)cc1F. The Balaban J connectivity index is 1.88. The number of benzene rings is 2. The largest absolute Gasteiger partial charge is 0.491 e. The first kappa shape index (κ1) is 15.6. The smallest absolute Gasteiger partial charge is 0.165 e. The van der Waals surface area contributed by atoms with E-state index in [9.17, 15) is 4.39 Å². The van der Waals surface area contributed by atoms with E-state index >= 15 is 0 Å². The van der Waals surface area contributed by atoms with Crippen LogP contribution in [0.5, 0.6) is 5.75 Å². The van der Waals surface area contributed by atoms with Crippen LogP contribution in [0.1, 0.15) is 39.0 Å². The lowest BCUT2D eigenvalue weighted by Crippen LogP contribution is -1.99. The van der Waals surface area contributed by atoms with Gasteiger partial charge in [-0.1, -0.05) is 69.0 Å². The molecule has 0 spiro atoms. The number of halogens is 1. The zero-order valence-electron chi connectivity index (χ0n) is 12.6. The first-order valence-electron chi connectivity index (χ1n) is 7.79. The predicted molar refractivity (Wildman–Crippen MR) is 86.1 cm³/mol. The van der Waals surface area contributed by atoms with E-state index in [1.165, 1.54) is 19.3 Å². The highest BCUT2D eigenvalue weighted by molar-refractivity contribution is 5.64. The summed E-state index contributed by atoms with van der Waals surface area (Å²) in [7, 11) is 0. The van der Waals surface area contributed by atoms with Gasteiger partial charge in [-0.2, -0.15) is 0 Å². The molecule has 2 aromatic rings. The van der Waals surface area contributed by atoms with Gasteiger partial charge in [0.15, 0.2) is 11.6 Å². The van der Waals surface area contributed by atoms with Crippen LogP contribution in [0.15, 0.2) is 48.5 Å². The molecule has 0 aliphatic heterocycles. The minimum atomic E-state index is -0.287. The van der Waals surface area contributed by atoms with E-state index in [-0.39, 0.29) is 5.82 Å². The van der Waals surface area contributed by atoms with Crippen molar-refractivity contribution in [3.63, 3.8) is 0 Å². The quantitative estimate of drug-likeness (QED) is 0.554. The molecule has 0 aliphatic rings. The fourth-order valence-corrected chi connectivity index (χ4v) is 2.32. The first-order chi connectivity index (χ1) is 10.3. The molecule has 1 nitrogen and oxygen atoms in total. The lowest BCUT2D eigenvalue weighted by molar-refractivity contribution is 0.290. The third kappa shape index (κ3) is 4.89. The Morgan fingerprint density at radius 3 is 2.33 bits per heavy atom. The second-order valence-electron chi connectivity index (χ2n) is 5.27. The minimum absolute atomic E-state index is 0.287. The van der Waals surface area contributed by atoms with Crippen molar-refractivity contribution in [2.45, 2.75) is 39.0 Å². The van der Waals surface area contributed by atoms with Crippen LogP contribution in [0.4, 0.5) is 4.39 Å². The lowest BCUT2D eigenvalue weighted by atomic mass is 10.1. The fraction of sp³-hybridized carbons (Fsp3) is 0.368. The molecule has 0 saturated carbocycles. The maximum atomic E-state index is 14.0. The van der Waals surface area contributed by atoms with Gasteiger partial charge in [-0.3, -0.25) is 0 Å². The summed E-state index contributed by atoms with van der Waals surface area (Å²) < 4.78 is 19.6. The molecule has 0 unspecified atom stereocenters. The predicted octanol–water partition coefficient (Wildman–Crippen LogP) is 5.84. The lowest BCUT2D eigenvalue weighted by Gasteiger charge is -2.09. The summed E-state index contributed by atoms with van der Waals surface area (Å²) in [4.78, 5) is 0. The minimum Gasteiger partial charge on any atom is -0.491 e. The Morgan fingerprint density at radius 1 is 0.857 bits per heavy atom. The summed E-state index contributed by atoms with van der Waals surface area (Å²) in [6.07, 6.45) is 5.86. The molecule has 0 aliphatic carbocycles. The van der Waals surface area contributed by atoms with Gasteiger partial charge in [-0.25, -0.2) is 4.39 Å². The van der Waals surface area contributed by atoms with Crippen LogP contribution in [0.25, 0.3) is 11.1 Å². The summed E-state index contributed by atoms with van der Waals surface area (Å²) in [5, 5.41) is 0. The van der Waals surface area contributed by atoms with Gasteiger partial charge in [0.2, 0.25) is 0 Å². The topological polar surface area (TPSA) is 9.23 Å². The molecular weight excluding hydrogens is 263 g/mol. The van der Waals surface area contributed by atoms with Gasteiger partial charge < -0.3 is 4.74 Å². The standard InChI is InChI=1S/C19H23FO/c1-2-3-4-5-9-14-21-19-13-12-17(15-18(19)20)16-10-7-6-8-11-16/h6-8,10-13,15H,2-5,9,14H2,1H3. The van der Waals surface area contributed by atoms with E-state index < -0.39 is 0 Å². The number of rotatable bonds is 8. The van der Waals surface area contributed by atoms with Crippen molar-refractivity contribution in [3.8, 4) is 16.9 Å². The van der Waals surface area contributed by atoms with Crippen molar-refractivity contribution in [1.82, 2.24) is 0 Å². The molecule has 0 saturated heterocycles. The van der Waals surface area contributed by atoms with E-state index in [0.29, 0.717) is 12.4 Å². The monoisotopic (exact) mass is 286 g/mol. The van der Waals surface area contributed by atoms with Crippen molar-refractivity contribution < 1.29 is 9.13 Å². The van der Waals surface area contributed by atoms with Crippen LogP contribution >= 0.6 is 0 Å². The first-order valence-corrected chi connectivity index (χ1v) is 7.79. The molecule has 0 heterocycles. The Kier molecular flexibility index (Phi) is 6.26. The molecule has 0 fully saturated rings. The van der Waals surface area contributed by atoms with E-state index in [4.69, 9.17) is 4.74 Å². The zero-order valence-corrected chi connectivity index (χ0v) is 12.6. The van der Waals surface area contributed by atoms with Crippen molar-refractivity contribution in [3.05, 3.63) is 54.3 Å². The van der Waals surface area contributed by atoms with Gasteiger partial charge >= 0.3 is 0 Å². The second-order valence-corrected chi connectivity index (χ2v) is 5.27. The normalized spacial score (nSPS) is 10.6. The maximum Gasteiger partial charge on any atom is 0.165 e. The van der Waals surface area contributed by atoms with Gasteiger partial charge in [-0.05, 0) is 29.7 Å². The average Bonchev–Trinajstić information content (AvgIpc) is 2.53. The highest BCUT2D eigenvalue weighted by Gasteiger charge is 2.06. The summed E-state index contributed by atoms with van der Waals surface area (Å²) in [6.45, 7) is 2.78. The Labute approximate surface area is 126 Å². The van der Waals surface area contributed by atoms with Crippen LogP contribution in [-0.4, -0.2) is 6.61 Å². The van der Waals surface area contributed by atoms with E-state index in [0.717, 1.165) is 24.0 Å². The third-order valence-electron chi connectivity index (χ3n) is 3.54. The fourth-order valence-electron chi connectivity index (χ4n) is 2.32. The second kappa shape index (κ2) is 8.46. The molecule has 0 amide bonds. The van der Waals surface area contributed by atoms with Crippen molar-refractivity contribution in [2.75, 3.05) is 6.61 Å². The van der Waals surface area contributed by atoms with Gasteiger partial charge in [0.05, 0.1) is 6.61 Å².